The number of carbonyl (C=O) groups excluding carboxylic acids is 1. The van der Waals surface area contributed by atoms with Crippen molar-refractivity contribution < 1.29 is 19.0 Å². The summed E-state index contributed by atoms with van der Waals surface area (Å²) in [5, 5.41) is 0. The van der Waals surface area contributed by atoms with Crippen LogP contribution in [0.5, 0.6) is 0 Å². The van der Waals surface area contributed by atoms with Gasteiger partial charge >= 0.3 is 5.97 Å². The lowest BCUT2D eigenvalue weighted by molar-refractivity contribution is -0.141. The van der Waals surface area contributed by atoms with Gasteiger partial charge in [-0.1, -0.05) is 13.2 Å². The summed E-state index contributed by atoms with van der Waals surface area (Å²) in [4.78, 5) is 11.1. The summed E-state index contributed by atoms with van der Waals surface area (Å²) < 4.78 is 16.1. The lowest BCUT2D eigenvalue weighted by atomic mass is 10.0. The van der Waals surface area contributed by atoms with Gasteiger partial charge in [-0.25, -0.2) is 4.79 Å². The molecule has 0 saturated carbocycles. The molecule has 5 nitrogen and oxygen atoms in total. The third-order valence-electron chi connectivity index (χ3n) is 2.80. The summed E-state index contributed by atoms with van der Waals surface area (Å²) in [5.41, 5.74) is 4.44. The van der Waals surface area contributed by atoms with Crippen LogP contribution in [0.2, 0.25) is 0 Å². The molecule has 0 fully saturated rings. The van der Waals surface area contributed by atoms with Crippen molar-refractivity contribution in [1.29, 1.82) is 0 Å². The number of rotatable bonds is 10. The third-order valence-corrected chi connectivity index (χ3v) is 2.80. The SMILES string of the molecule is C=COC(C)(C)CCOC(C)(C)CCOC(=O)C(=C)N. The Labute approximate surface area is 121 Å². The van der Waals surface area contributed by atoms with E-state index in [-0.39, 0.29) is 23.5 Å². The van der Waals surface area contributed by atoms with Gasteiger partial charge in [-0.3, -0.25) is 0 Å². The third kappa shape index (κ3) is 8.58. The molecule has 0 rings (SSSR count). The molecule has 0 aliphatic heterocycles. The first-order chi connectivity index (χ1) is 9.09. The molecule has 0 saturated heterocycles. The second-order valence-corrected chi connectivity index (χ2v) is 5.81. The van der Waals surface area contributed by atoms with Gasteiger partial charge in [-0.2, -0.15) is 0 Å². The largest absolute Gasteiger partial charge is 0.496 e. The molecule has 0 aromatic rings. The highest BCUT2D eigenvalue weighted by molar-refractivity contribution is 5.86. The standard InChI is InChI=1S/C15H27NO4/c1-7-19-14(3,4)9-11-20-15(5,6)8-10-18-13(17)12(2)16/h7H,1-2,8-11,16H2,3-6H3. The van der Waals surface area contributed by atoms with E-state index < -0.39 is 5.97 Å². The zero-order chi connectivity index (χ0) is 15.8. The second kappa shape index (κ2) is 7.94. The topological polar surface area (TPSA) is 70.8 Å². The highest BCUT2D eigenvalue weighted by Crippen LogP contribution is 2.19. The van der Waals surface area contributed by atoms with Crippen molar-refractivity contribution in [2.24, 2.45) is 5.73 Å². The van der Waals surface area contributed by atoms with Crippen molar-refractivity contribution in [2.75, 3.05) is 13.2 Å². The summed E-state index contributed by atoms with van der Waals surface area (Å²) >= 11 is 0. The van der Waals surface area contributed by atoms with Gasteiger partial charge in [0, 0.05) is 12.8 Å². The molecular weight excluding hydrogens is 258 g/mol. The monoisotopic (exact) mass is 285 g/mol. The van der Waals surface area contributed by atoms with Crippen molar-refractivity contribution in [1.82, 2.24) is 0 Å². The average molecular weight is 285 g/mol. The van der Waals surface area contributed by atoms with Crippen LogP contribution in [-0.2, 0) is 19.0 Å². The van der Waals surface area contributed by atoms with Crippen molar-refractivity contribution in [3.05, 3.63) is 25.1 Å². The van der Waals surface area contributed by atoms with E-state index in [2.05, 4.69) is 13.2 Å². The predicted molar refractivity (Wildman–Crippen MR) is 78.9 cm³/mol. The van der Waals surface area contributed by atoms with Crippen molar-refractivity contribution in [3.8, 4) is 0 Å². The normalized spacial score (nSPS) is 11.8. The van der Waals surface area contributed by atoms with Crippen LogP contribution >= 0.6 is 0 Å². The number of esters is 1. The van der Waals surface area contributed by atoms with Gasteiger partial charge in [-0.15, -0.1) is 0 Å². The van der Waals surface area contributed by atoms with E-state index in [1.807, 2.05) is 27.7 Å². The summed E-state index contributed by atoms with van der Waals surface area (Å²) in [7, 11) is 0. The Bertz CT molecular complexity index is 348. The van der Waals surface area contributed by atoms with Crippen LogP contribution in [0.25, 0.3) is 0 Å². The first-order valence-corrected chi connectivity index (χ1v) is 6.64. The smallest absolute Gasteiger partial charge is 0.353 e. The fraction of sp³-hybridized carbons (Fsp3) is 0.667. The van der Waals surface area contributed by atoms with Crippen LogP contribution < -0.4 is 5.73 Å². The Morgan fingerprint density at radius 1 is 1.15 bits per heavy atom. The summed E-state index contributed by atoms with van der Waals surface area (Å²) in [6, 6.07) is 0. The fourth-order valence-electron chi connectivity index (χ4n) is 1.41. The molecule has 20 heavy (non-hydrogen) atoms. The van der Waals surface area contributed by atoms with Gasteiger partial charge < -0.3 is 19.9 Å². The zero-order valence-electron chi connectivity index (χ0n) is 13.0. The Morgan fingerprint density at radius 2 is 1.70 bits per heavy atom. The molecule has 0 bridgehead atoms. The Kier molecular flexibility index (Phi) is 7.35. The van der Waals surface area contributed by atoms with Crippen LogP contribution in [0.1, 0.15) is 40.5 Å². The minimum Gasteiger partial charge on any atom is -0.496 e. The quantitative estimate of drug-likeness (QED) is 0.379. The van der Waals surface area contributed by atoms with Gasteiger partial charge in [0.25, 0.3) is 0 Å². The number of hydrogen-bond acceptors (Lipinski definition) is 5. The average Bonchev–Trinajstić information content (AvgIpc) is 2.27. The highest BCUT2D eigenvalue weighted by Gasteiger charge is 2.23. The number of nitrogens with two attached hydrogens (primary N) is 1. The first kappa shape index (κ1) is 18.5. The van der Waals surface area contributed by atoms with Gasteiger partial charge in [0.05, 0.1) is 25.1 Å². The van der Waals surface area contributed by atoms with E-state index >= 15 is 0 Å². The van der Waals surface area contributed by atoms with Crippen molar-refractivity contribution in [3.63, 3.8) is 0 Å². The summed E-state index contributed by atoms with van der Waals surface area (Å²) in [6.45, 7) is 15.5. The van der Waals surface area contributed by atoms with Crippen LogP contribution in [0.4, 0.5) is 0 Å². The zero-order valence-corrected chi connectivity index (χ0v) is 13.0. The maximum absolute atomic E-state index is 11.1. The molecule has 0 aromatic heterocycles. The second-order valence-electron chi connectivity index (χ2n) is 5.81. The van der Waals surface area contributed by atoms with Gasteiger partial charge in [0.15, 0.2) is 0 Å². The van der Waals surface area contributed by atoms with E-state index in [1.54, 1.807) is 0 Å². The van der Waals surface area contributed by atoms with E-state index in [1.165, 1.54) is 6.26 Å². The first-order valence-electron chi connectivity index (χ1n) is 6.64. The maximum Gasteiger partial charge on any atom is 0.353 e. The summed E-state index contributed by atoms with van der Waals surface area (Å²) in [5.74, 6) is -0.582. The van der Waals surface area contributed by atoms with Crippen LogP contribution in [0.15, 0.2) is 25.1 Å². The van der Waals surface area contributed by atoms with Gasteiger partial charge in [0.1, 0.15) is 11.3 Å². The molecule has 0 aliphatic rings. The Balaban J connectivity index is 3.98. The van der Waals surface area contributed by atoms with E-state index in [0.29, 0.717) is 13.0 Å². The number of carbonyl (C=O) groups is 1. The molecule has 0 atom stereocenters. The molecule has 0 radical (unpaired) electrons. The molecule has 0 unspecified atom stereocenters. The fourth-order valence-corrected chi connectivity index (χ4v) is 1.41. The highest BCUT2D eigenvalue weighted by atomic mass is 16.5. The molecule has 2 N–H and O–H groups in total. The van der Waals surface area contributed by atoms with Crippen LogP contribution in [-0.4, -0.2) is 30.4 Å². The number of hydrogen-bond donors (Lipinski definition) is 1. The molecular formula is C15H27NO4. The van der Waals surface area contributed by atoms with E-state index in [9.17, 15) is 4.79 Å². The minimum atomic E-state index is -0.582. The molecule has 116 valence electrons. The maximum atomic E-state index is 11.1. The van der Waals surface area contributed by atoms with Crippen molar-refractivity contribution in [2.45, 2.75) is 51.7 Å². The molecule has 0 amide bonds. The van der Waals surface area contributed by atoms with Crippen molar-refractivity contribution >= 4 is 5.97 Å². The molecule has 0 spiro atoms. The lowest BCUT2D eigenvalue weighted by Gasteiger charge is -2.29. The minimum absolute atomic E-state index is 0.0907. The van der Waals surface area contributed by atoms with Gasteiger partial charge in [0.2, 0.25) is 0 Å². The summed E-state index contributed by atoms with van der Waals surface area (Å²) in [6.07, 6.45) is 2.75. The lowest BCUT2D eigenvalue weighted by Crippen LogP contribution is -2.31. The van der Waals surface area contributed by atoms with E-state index in [0.717, 1.165) is 6.42 Å². The molecule has 0 aromatic carbocycles. The Morgan fingerprint density at radius 3 is 2.20 bits per heavy atom. The Hall–Kier alpha value is -1.49. The number of ether oxygens (including phenoxy) is 3. The molecule has 0 aliphatic carbocycles. The predicted octanol–water partition coefficient (Wildman–Crippen LogP) is 2.52. The van der Waals surface area contributed by atoms with Crippen LogP contribution in [0, 0.1) is 0 Å². The van der Waals surface area contributed by atoms with E-state index in [4.69, 9.17) is 19.9 Å². The van der Waals surface area contributed by atoms with Gasteiger partial charge in [-0.05, 0) is 27.7 Å². The molecule has 0 heterocycles. The molecule has 5 heteroatoms. The van der Waals surface area contributed by atoms with Crippen LogP contribution in [0.3, 0.4) is 0 Å².